The minimum atomic E-state index is 0.277. The maximum absolute atomic E-state index is 11.7. The van der Waals surface area contributed by atoms with Gasteiger partial charge in [0.15, 0.2) is 5.96 Å². The highest BCUT2D eigenvalue weighted by molar-refractivity contribution is 5.80. The molecule has 1 aliphatic carbocycles. The van der Waals surface area contributed by atoms with Crippen LogP contribution in [-0.2, 0) is 17.9 Å². The number of aliphatic imine (C=N–C) groups is 1. The minimum absolute atomic E-state index is 0.277. The van der Waals surface area contributed by atoms with Crippen LogP contribution in [0.4, 0.5) is 0 Å². The van der Waals surface area contributed by atoms with E-state index in [9.17, 15) is 4.79 Å². The van der Waals surface area contributed by atoms with Crippen molar-refractivity contribution in [2.45, 2.75) is 52.2 Å². The fraction of sp³-hybridized carbons (Fsp3) is 0.579. The van der Waals surface area contributed by atoms with E-state index in [1.165, 1.54) is 17.5 Å². The Morgan fingerprint density at radius 3 is 2.58 bits per heavy atom. The molecule has 5 heteroatoms. The Labute approximate surface area is 144 Å². The van der Waals surface area contributed by atoms with E-state index in [4.69, 9.17) is 0 Å². The molecule has 1 aromatic rings. The third kappa shape index (κ3) is 4.49. The van der Waals surface area contributed by atoms with Crippen molar-refractivity contribution in [2.24, 2.45) is 10.9 Å². The topological polar surface area (TPSA) is 56.7 Å². The molecule has 3 rings (SSSR count). The lowest BCUT2D eigenvalue weighted by atomic mass is 10.1. The summed E-state index contributed by atoms with van der Waals surface area (Å²) in [5.41, 5.74) is 2.38. The van der Waals surface area contributed by atoms with Crippen molar-refractivity contribution in [1.82, 2.24) is 15.5 Å². The van der Waals surface area contributed by atoms with Crippen molar-refractivity contribution in [3.05, 3.63) is 35.4 Å². The SMILES string of the molecule is CCNC(=NCc1ccc(CN2CCCC2=O)cc1)NC1CC1C. The van der Waals surface area contributed by atoms with Crippen LogP contribution in [0.25, 0.3) is 0 Å². The van der Waals surface area contributed by atoms with Crippen molar-refractivity contribution in [2.75, 3.05) is 13.1 Å². The van der Waals surface area contributed by atoms with Gasteiger partial charge in [-0.15, -0.1) is 0 Å². The molecule has 0 radical (unpaired) electrons. The fourth-order valence-corrected chi connectivity index (χ4v) is 3.03. The molecule has 0 aromatic heterocycles. The Balaban J connectivity index is 1.54. The molecular formula is C19H28N4O. The van der Waals surface area contributed by atoms with Crippen LogP contribution in [-0.4, -0.2) is 35.9 Å². The third-order valence-corrected chi connectivity index (χ3v) is 4.76. The second-order valence-electron chi connectivity index (χ2n) is 6.89. The first-order valence-corrected chi connectivity index (χ1v) is 9.06. The molecule has 130 valence electrons. The van der Waals surface area contributed by atoms with E-state index in [1.54, 1.807) is 0 Å². The summed E-state index contributed by atoms with van der Waals surface area (Å²) < 4.78 is 0. The highest BCUT2D eigenvalue weighted by atomic mass is 16.2. The van der Waals surface area contributed by atoms with Gasteiger partial charge in [-0.2, -0.15) is 0 Å². The summed E-state index contributed by atoms with van der Waals surface area (Å²) in [6, 6.07) is 9.02. The lowest BCUT2D eigenvalue weighted by molar-refractivity contribution is -0.128. The smallest absolute Gasteiger partial charge is 0.222 e. The lowest BCUT2D eigenvalue weighted by Gasteiger charge is -2.15. The molecule has 1 amide bonds. The average molecular weight is 328 g/mol. The van der Waals surface area contributed by atoms with Gasteiger partial charge in [0.05, 0.1) is 6.54 Å². The normalized spacial score (nSPS) is 23.5. The number of nitrogens with one attached hydrogen (secondary N) is 2. The largest absolute Gasteiger partial charge is 0.357 e. The number of nitrogens with zero attached hydrogens (tertiary/aromatic N) is 2. The first-order chi connectivity index (χ1) is 11.7. The van der Waals surface area contributed by atoms with Crippen molar-refractivity contribution >= 4 is 11.9 Å². The summed E-state index contributed by atoms with van der Waals surface area (Å²) in [6.07, 6.45) is 2.92. The second-order valence-corrected chi connectivity index (χ2v) is 6.89. The quantitative estimate of drug-likeness (QED) is 0.622. The van der Waals surface area contributed by atoms with Crippen molar-refractivity contribution in [1.29, 1.82) is 0 Å². The van der Waals surface area contributed by atoms with Gasteiger partial charge in [0.25, 0.3) is 0 Å². The second kappa shape index (κ2) is 7.69. The molecular weight excluding hydrogens is 300 g/mol. The summed E-state index contributed by atoms with van der Waals surface area (Å²) in [4.78, 5) is 18.3. The van der Waals surface area contributed by atoms with E-state index < -0.39 is 0 Å². The average Bonchev–Trinajstić information content (AvgIpc) is 3.12. The summed E-state index contributed by atoms with van der Waals surface area (Å²) >= 11 is 0. The summed E-state index contributed by atoms with van der Waals surface area (Å²) in [5, 5.41) is 6.78. The molecule has 1 saturated heterocycles. The molecule has 1 heterocycles. The maximum Gasteiger partial charge on any atom is 0.222 e. The summed E-state index contributed by atoms with van der Waals surface area (Å²) in [5.74, 6) is 1.93. The Morgan fingerprint density at radius 1 is 1.29 bits per heavy atom. The van der Waals surface area contributed by atoms with Crippen LogP contribution in [0.1, 0.15) is 44.2 Å². The first kappa shape index (κ1) is 16.8. The van der Waals surface area contributed by atoms with Gasteiger partial charge >= 0.3 is 0 Å². The van der Waals surface area contributed by atoms with Crippen LogP contribution in [0.3, 0.4) is 0 Å². The summed E-state index contributed by atoms with van der Waals surface area (Å²) in [7, 11) is 0. The van der Waals surface area contributed by atoms with Crippen molar-refractivity contribution < 1.29 is 4.79 Å². The van der Waals surface area contributed by atoms with Gasteiger partial charge in [0, 0.05) is 32.1 Å². The standard InChI is InChI=1S/C19H28N4O/c1-3-20-19(22-17-11-14(17)2)21-12-15-6-8-16(9-7-15)13-23-10-4-5-18(23)24/h6-9,14,17H,3-5,10-13H2,1-2H3,(H2,20,21,22). The van der Waals surface area contributed by atoms with Gasteiger partial charge in [-0.3, -0.25) is 4.79 Å². The van der Waals surface area contributed by atoms with Crippen LogP contribution in [0, 0.1) is 5.92 Å². The molecule has 2 fully saturated rings. The van der Waals surface area contributed by atoms with Crippen LogP contribution in [0.15, 0.2) is 29.3 Å². The molecule has 2 atom stereocenters. The highest BCUT2D eigenvalue weighted by Gasteiger charge is 2.33. The molecule has 1 saturated carbocycles. The third-order valence-electron chi connectivity index (χ3n) is 4.76. The van der Waals surface area contributed by atoms with Crippen LogP contribution >= 0.6 is 0 Å². The highest BCUT2D eigenvalue weighted by Crippen LogP contribution is 2.28. The predicted octanol–water partition coefficient (Wildman–Crippen LogP) is 2.27. The van der Waals surface area contributed by atoms with Gasteiger partial charge in [-0.05, 0) is 36.8 Å². The Morgan fingerprint density at radius 2 is 2.00 bits per heavy atom. The van der Waals surface area contributed by atoms with E-state index in [1.807, 2.05) is 4.90 Å². The molecule has 1 aliphatic heterocycles. The molecule has 0 spiro atoms. The molecule has 2 N–H and O–H groups in total. The van der Waals surface area contributed by atoms with Gasteiger partial charge < -0.3 is 15.5 Å². The van der Waals surface area contributed by atoms with Gasteiger partial charge in [0.1, 0.15) is 0 Å². The zero-order chi connectivity index (χ0) is 16.9. The number of rotatable bonds is 6. The molecule has 5 nitrogen and oxygen atoms in total. The van der Waals surface area contributed by atoms with Crippen LogP contribution in [0.5, 0.6) is 0 Å². The Bertz CT molecular complexity index is 596. The molecule has 2 unspecified atom stereocenters. The fourth-order valence-electron chi connectivity index (χ4n) is 3.03. The van der Waals surface area contributed by atoms with Crippen LogP contribution < -0.4 is 10.6 Å². The predicted molar refractivity (Wildman–Crippen MR) is 96.6 cm³/mol. The minimum Gasteiger partial charge on any atom is -0.357 e. The number of likely N-dealkylation sites (tertiary alicyclic amines) is 1. The van der Waals surface area contributed by atoms with E-state index >= 15 is 0 Å². The number of amides is 1. The zero-order valence-corrected chi connectivity index (χ0v) is 14.7. The number of guanidine groups is 1. The van der Waals surface area contributed by atoms with Gasteiger partial charge in [-0.25, -0.2) is 4.99 Å². The van der Waals surface area contributed by atoms with E-state index in [0.717, 1.165) is 37.9 Å². The molecule has 24 heavy (non-hydrogen) atoms. The zero-order valence-electron chi connectivity index (χ0n) is 14.7. The first-order valence-electron chi connectivity index (χ1n) is 9.06. The van der Waals surface area contributed by atoms with Crippen molar-refractivity contribution in [3.8, 4) is 0 Å². The number of benzene rings is 1. The monoisotopic (exact) mass is 328 g/mol. The van der Waals surface area contributed by atoms with Crippen molar-refractivity contribution in [3.63, 3.8) is 0 Å². The van der Waals surface area contributed by atoms with Gasteiger partial charge in [-0.1, -0.05) is 31.2 Å². The molecule has 2 aliphatic rings. The Kier molecular flexibility index (Phi) is 5.38. The van der Waals surface area contributed by atoms with E-state index in [2.05, 4.69) is 53.7 Å². The maximum atomic E-state index is 11.7. The van der Waals surface area contributed by atoms with E-state index in [0.29, 0.717) is 19.0 Å². The lowest BCUT2D eigenvalue weighted by Crippen LogP contribution is -2.39. The summed E-state index contributed by atoms with van der Waals surface area (Å²) in [6.45, 7) is 7.50. The molecule has 0 bridgehead atoms. The number of carbonyl (C=O) groups excluding carboxylic acids is 1. The van der Waals surface area contributed by atoms with E-state index in [-0.39, 0.29) is 5.91 Å². The number of hydrogen-bond donors (Lipinski definition) is 2. The number of carbonyl (C=O) groups is 1. The van der Waals surface area contributed by atoms with Crippen LogP contribution in [0.2, 0.25) is 0 Å². The van der Waals surface area contributed by atoms with Gasteiger partial charge in [0.2, 0.25) is 5.91 Å². The molecule has 1 aromatic carbocycles. The Hall–Kier alpha value is -2.04. The number of hydrogen-bond acceptors (Lipinski definition) is 2.